The molecule has 0 saturated carbocycles. The van der Waals surface area contributed by atoms with Crippen LogP contribution in [0.15, 0.2) is 108 Å². The van der Waals surface area contributed by atoms with Crippen LogP contribution in [0.4, 0.5) is 11.4 Å². The number of nitrogens with one attached hydrogen (secondary N) is 1. The molecular formula is C33H29N3O. The van der Waals surface area contributed by atoms with E-state index < -0.39 is 0 Å². The first-order chi connectivity index (χ1) is 18.2. The number of rotatable bonds is 6. The molecule has 0 heterocycles. The van der Waals surface area contributed by atoms with Gasteiger partial charge in [0.15, 0.2) is 5.96 Å². The maximum Gasteiger partial charge on any atom is 0.198 e. The highest BCUT2D eigenvalue weighted by molar-refractivity contribution is 6.02. The van der Waals surface area contributed by atoms with Crippen LogP contribution >= 0.6 is 0 Å². The van der Waals surface area contributed by atoms with Crippen LogP contribution in [0.25, 0.3) is 10.8 Å². The van der Waals surface area contributed by atoms with Gasteiger partial charge in [0.05, 0.1) is 11.4 Å². The molecule has 0 radical (unpaired) electrons. The monoisotopic (exact) mass is 483 g/mol. The average molecular weight is 484 g/mol. The van der Waals surface area contributed by atoms with E-state index in [0.717, 1.165) is 47.0 Å². The molecule has 4 N–H and O–H groups in total. The number of anilines is 1. The minimum atomic E-state index is 0.204. The lowest BCUT2D eigenvalue weighted by Gasteiger charge is -2.17. The van der Waals surface area contributed by atoms with Crippen LogP contribution in [0.1, 0.15) is 33.4 Å². The molecule has 6 rings (SSSR count). The first-order valence-electron chi connectivity index (χ1n) is 12.7. The molecule has 0 fully saturated rings. The van der Waals surface area contributed by atoms with Crippen molar-refractivity contribution in [3.63, 3.8) is 0 Å². The Kier molecular flexibility index (Phi) is 6.07. The first-order valence-corrected chi connectivity index (χ1v) is 12.7. The van der Waals surface area contributed by atoms with E-state index in [-0.39, 0.29) is 11.7 Å². The molecule has 4 nitrogen and oxygen atoms in total. The van der Waals surface area contributed by atoms with E-state index >= 15 is 0 Å². The number of hydrogen-bond donors (Lipinski definition) is 3. The number of aliphatic imine (C=N–C) groups is 1. The summed E-state index contributed by atoms with van der Waals surface area (Å²) < 4.78 is 0. The number of aromatic hydroxyl groups is 1. The van der Waals surface area contributed by atoms with Gasteiger partial charge in [-0.25, -0.2) is 4.99 Å². The molecule has 1 aliphatic rings. The van der Waals surface area contributed by atoms with E-state index in [9.17, 15) is 5.11 Å². The number of aryl methyl sites for hydroxylation is 2. The molecule has 0 bridgehead atoms. The first kappa shape index (κ1) is 22.9. The van der Waals surface area contributed by atoms with E-state index in [1.54, 1.807) is 0 Å². The number of nitrogens with two attached hydrogens (primary N) is 1. The van der Waals surface area contributed by atoms with Gasteiger partial charge < -0.3 is 16.2 Å². The second-order valence-corrected chi connectivity index (χ2v) is 9.63. The highest BCUT2D eigenvalue weighted by Gasteiger charge is 2.17. The lowest BCUT2D eigenvalue weighted by molar-refractivity contribution is 0.471. The van der Waals surface area contributed by atoms with Gasteiger partial charge in [0, 0.05) is 17.4 Å². The minimum Gasteiger partial charge on any atom is -0.505 e. The van der Waals surface area contributed by atoms with Crippen molar-refractivity contribution in [2.75, 3.05) is 5.32 Å². The number of hydrogen-bond acceptors (Lipinski definition) is 2. The third-order valence-electron chi connectivity index (χ3n) is 7.20. The van der Waals surface area contributed by atoms with Gasteiger partial charge in [-0.2, -0.15) is 0 Å². The van der Waals surface area contributed by atoms with Crippen molar-refractivity contribution in [2.45, 2.75) is 25.7 Å². The Bertz CT molecular complexity index is 1600. The molecule has 4 heteroatoms. The quantitative estimate of drug-likeness (QED) is 0.140. The number of guanidine groups is 1. The smallest absolute Gasteiger partial charge is 0.198 e. The molecule has 0 saturated heterocycles. The highest BCUT2D eigenvalue weighted by Crippen LogP contribution is 2.37. The SMILES string of the molecule is NC(=Nc1ccc2c3c(cccc13)CC2)Nc1ccc(Cc2ccccc2)c(Cc2ccccc2)c1O. The van der Waals surface area contributed by atoms with Gasteiger partial charge >= 0.3 is 0 Å². The molecule has 0 atom stereocenters. The zero-order valence-corrected chi connectivity index (χ0v) is 20.6. The lowest BCUT2D eigenvalue weighted by Crippen LogP contribution is -2.22. The summed E-state index contributed by atoms with van der Waals surface area (Å²) in [4.78, 5) is 4.71. The van der Waals surface area contributed by atoms with Crippen LogP contribution in [0, 0.1) is 0 Å². The van der Waals surface area contributed by atoms with Crippen LogP contribution in [0.2, 0.25) is 0 Å². The number of phenols is 1. The Morgan fingerprint density at radius 1 is 0.730 bits per heavy atom. The second kappa shape index (κ2) is 9.82. The lowest BCUT2D eigenvalue weighted by atomic mass is 9.93. The molecule has 0 amide bonds. The van der Waals surface area contributed by atoms with E-state index in [4.69, 9.17) is 10.7 Å². The fraction of sp³-hybridized carbons (Fsp3) is 0.121. The fourth-order valence-corrected chi connectivity index (χ4v) is 5.38. The summed E-state index contributed by atoms with van der Waals surface area (Å²) in [5.74, 6) is 0.450. The van der Waals surface area contributed by atoms with Crippen LogP contribution in [0.5, 0.6) is 5.75 Å². The second-order valence-electron chi connectivity index (χ2n) is 9.63. The molecule has 37 heavy (non-hydrogen) atoms. The third-order valence-corrected chi connectivity index (χ3v) is 7.20. The molecule has 0 aromatic heterocycles. The molecule has 5 aromatic rings. The molecular weight excluding hydrogens is 454 g/mol. The van der Waals surface area contributed by atoms with Crippen LogP contribution in [-0.2, 0) is 25.7 Å². The maximum absolute atomic E-state index is 11.4. The van der Waals surface area contributed by atoms with E-state index in [0.29, 0.717) is 12.1 Å². The van der Waals surface area contributed by atoms with E-state index in [1.807, 2.05) is 48.5 Å². The molecule has 5 aromatic carbocycles. The summed E-state index contributed by atoms with van der Waals surface area (Å²) >= 11 is 0. The van der Waals surface area contributed by atoms with Gasteiger partial charge in [0.1, 0.15) is 5.75 Å². The highest BCUT2D eigenvalue weighted by atomic mass is 16.3. The summed E-state index contributed by atoms with van der Waals surface area (Å²) in [6.45, 7) is 0. The summed E-state index contributed by atoms with van der Waals surface area (Å²) in [7, 11) is 0. The normalized spacial score (nSPS) is 12.7. The van der Waals surface area contributed by atoms with E-state index in [2.05, 4.69) is 59.9 Å². The maximum atomic E-state index is 11.4. The summed E-state index contributed by atoms with van der Waals surface area (Å²) in [5.41, 5.74) is 14.8. The van der Waals surface area contributed by atoms with Crippen molar-refractivity contribution < 1.29 is 5.11 Å². The Morgan fingerprint density at radius 3 is 2.14 bits per heavy atom. The van der Waals surface area contributed by atoms with Gasteiger partial charge in [-0.05, 0) is 64.6 Å². The fourth-order valence-electron chi connectivity index (χ4n) is 5.38. The third kappa shape index (κ3) is 4.66. The molecule has 1 aliphatic carbocycles. The zero-order chi connectivity index (χ0) is 25.2. The van der Waals surface area contributed by atoms with Gasteiger partial charge in [-0.3, -0.25) is 0 Å². The molecule has 0 spiro atoms. The summed E-state index contributed by atoms with van der Waals surface area (Å²) in [5, 5.41) is 17.0. The van der Waals surface area contributed by atoms with Gasteiger partial charge in [0.25, 0.3) is 0 Å². The standard InChI is InChI=1S/C33H29N3O/c34-33(35-29-18-16-25-15-14-24-12-7-13-27(29)31(24)25)36-30-19-17-26(20-22-8-3-1-4-9-22)28(32(30)37)21-23-10-5-2-6-11-23/h1-13,16-19,37H,14-15,20-21H2,(H3,34,35,36). The van der Waals surface area contributed by atoms with Crippen molar-refractivity contribution in [1.29, 1.82) is 0 Å². The largest absolute Gasteiger partial charge is 0.505 e. The Balaban J connectivity index is 1.34. The van der Waals surface area contributed by atoms with Gasteiger partial charge in [-0.15, -0.1) is 0 Å². The van der Waals surface area contributed by atoms with Crippen molar-refractivity contribution in [3.05, 3.63) is 137 Å². The molecule has 182 valence electrons. The van der Waals surface area contributed by atoms with Crippen molar-refractivity contribution in [2.24, 2.45) is 10.7 Å². The molecule has 0 unspecified atom stereocenters. The van der Waals surface area contributed by atoms with Crippen molar-refractivity contribution >= 4 is 28.1 Å². The van der Waals surface area contributed by atoms with Crippen LogP contribution in [0.3, 0.4) is 0 Å². The topological polar surface area (TPSA) is 70.6 Å². The Morgan fingerprint density at radius 2 is 1.41 bits per heavy atom. The number of nitrogens with zero attached hydrogens (tertiary/aromatic N) is 1. The number of phenolic OH excluding ortho intramolecular Hbond substituents is 1. The predicted octanol–water partition coefficient (Wildman–Crippen LogP) is 6.88. The van der Waals surface area contributed by atoms with Crippen molar-refractivity contribution in [1.82, 2.24) is 0 Å². The molecule has 0 aliphatic heterocycles. The summed E-state index contributed by atoms with van der Waals surface area (Å²) in [6.07, 6.45) is 3.50. The van der Waals surface area contributed by atoms with Gasteiger partial charge in [-0.1, -0.05) is 91.0 Å². The Hall–Kier alpha value is -4.57. The van der Waals surface area contributed by atoms with Crippen LogP contribution < -0.4 is 11.1 Å². The average Bonchev–Trinajstić information content (AvgIpc) is 3.35. The van der Waals surface area contributed by atoms with Crippen LogP contribution in [-0.4, -0.2) is 11.1 Å². The van der Waals surface area contributed by atoms with Crippen molar-refractivity contribution in [3.8, 4) is 5.75 Å². The Labute approximate surface area is 217 Å². The zero-order valence-electron chi connectivity index (χ0n) is 20.6. The minimum absolute atomic E-state index is 0.204. The number of benzene rings is 5. The summed E-state index contributed by atoms with van der Waals surface area (Å²) in [6, 6.07) is 35.0. The predicted molar refractivity (Wildman–Crippen MR) is 153 cm³/mol. The van der Waals surface area contributed by atoms with Gasteiger partial charge in [0.2, 0.25) is 0 Å². The van der Waals surface area contributed by atoms with E-state index in [1.165, 1.54) is 22.1 Å².